The maximum atomic E-state index is 13.0. The molecule has 12 nitrogen and oxygen atoms in total. The number of morpholine rings is 1. The highest BCUT2D eigenvalue weighted by Crippen LogP contribution is 2.35. The average Bonchev–Trinajstić information content (AvgIpc) is 2.82. The Morgan fingerprint density at radius 2 is 1.72 bits per heavy atom. The molecule has 1 fully saturated rings. The van der Waals surface area contributed by atoms with Gasteiger partial charge in [0, 0.05) is 24.7 Å². The lowest BCUT2D eigenvalue weighted by Crippen LogP contribution is -2.41. The van der Waals surface area contributed by atoms with Gasteiger partial charge in [0.1, 0.15) is 12.4 Å². The smallest absolute Gasteiger partial charge is 0.355 e. The summed E-state index contributed by atoms with van der Waals surface area (Å²) in [4.78, 5) is 51.8. The Bertz CT molecular complexity index is 983. The van der Waals surface area contributed by atoms with Gasteiger partial charge in [-0.1, -0.05) is 0 Å². The number of methoxy groups -OCH3 is 2. The highest BCUT2D eigenvalue weighted by molar-refractivity contribution is 6.04. The molecule has 1 amide bonds. The summed E-state index contributed by atoms with van der Waals surface area (Å²) in [6, 6.07) is 2.64. The summed E-state index contributed by atoms with van der Waals surface area (Å²) in [5.41, 5.74) is -0.166. The second kappa shape index (κ2) is 9.75. The van der Waals surface area contributed by atoms with E-state index in [-0.39, 0.29) is 47.1 Å². The average molecular weight is 449 g/mol. The molecule has 1 aromatic rings. The molecule has 0 spiro atoms. The van der Waals surface area contributed by atoms with Crippen molar-refractivity contribution in [1.29, 1.82) is 0 Å². The van der Waals surface area contributed by atoms with Crippen LogP contribution in [0.2, 0.25) is 0 Å². The predicted octanol–water partition coefficient (Wildman–Crippen LogP) is 0.770. The van der Waals surface area contributed by atoms with E-state index in [0.717, 1.165) is 14.2 Å². The third kappa shape index (κ3) is 4.41. The molecule has 1 aromatic carbocycles. The van der Waals surface area contributed by atoms with Crippen LogP contribution in [0.25, 0.3) is 0 Å². The van der Waals surface area contributed by atoms with Crippen molar-refractivity contribution in [2.24, 2.45) is 0 Å². The monoisotopic (exact) mass is 449 g/mol. The van der Waals surface area contributed by atoms with Gasteiger partial charge in [0.25, 0.3) is 11.6 Å². The minimum Gasteiger partial charge on any atom is -0.466 e. The summed E-state index contributed by atoms with van der Waals surface area (Å²) >= 11 is 0. The van der Waals surface area contributed by atoms with Gasteiger partial charge in [-0.05, 0) is 13.0 Å². The zero-order valence-corrected chi connectivity index (χ0v) is 17.9. The summed E-state index contributed by atoms with van der Waals surface area (Å²) in [6.45, 7) is 2.51. The molecule has 0 N–H and O–H groups in total. The fraction of sp³-hybridized carbons (Fsp3) is 0.450. The van der Waals surface area contributed by atoms with Crippen LogP contribution >= 0.6 is 0 Å². The second-order valence-electron chi connectivity index (χ2n) is 7.02. The van der Waals surface area contributed by atoms with Crippen LogP contribution in [-0.4, -0.2) is 81.5 Å². The van der Waals surface area contributed by atoms with Crippen molar-refractivity contribution < 1.29 is 38.3 Å². The fourth-order valence-corrected chi connectivity index (χ4v) is 3.56. The number of benzene rings is 1. The van der Waals surface area contributed by atoms with E-state index in [1.54, 1.807) is 0 Å². The van der Waals surface area contributed by atoms with E-state index >= 15 is 0 Å². The number of nitro benzene ring substituents is 1. The summed E-state index contributed by atoms with van der Waals surface area (Å²) < 4.78 is 20.3. The molecule has 0 unspecified atom stereocenters. The first-order valence-electron chi connectivity index (χ1n) is 9.71. The van der Waals surface area contributed by atoms with E-state index in [1.165, 1.54) is 28.9 Å². The molecule has 1 saturated heterocycles. The maximum absolute atomic E-state index is 13.0. The number of hydrogen-bond acceptors (Lipinski definition) is 10. The van der Waals surface area contributed by atoms with Crippen LogP contribution in [0.4, 0.5) is 11.4 Å². The molecule has 0 aliphatic carbocycles. The van der Waals surface area contributed by atoms with Crippen molar-refractivity contribution in [2.45, 2.75) is 6.92 Å². The Kier molecular flexibility index (Phi) is 7.05. The number of rotatable bonds is 5. The normalized spacial score (nSPS) is 16.6. The first-order chi connectivity index (χ1) is 15.3. The Morgan fingerprint density at radius 1 is 1.06 bits per heavy atom. The minimum absolute atomic E-state index is 0.0635. The standard InChI is InChI=1S/C20H23N3O9/c1-12-15(22-11-32-10-14(19(25)29-2)17(22)20(26)30-3)8-13(9-16(12)23(27)28)18(24)21-4-6-31-7-5-21/h8-9H,4-7,10-11H2,1-3H3. The quantitative estimate of drug-likeness (QED) is 0.360. The molecule has 3 rings (SSSR count). The van der Waals surface area contributed by atoms with Crippen molar-refractivity contribution in [2.75, 3.05) is 58.8 Å². The Labute approximate surface area is 183 Å². The van der Waals surface area contributed by atoms with Gasteiger partial charge in [-0.15, -0.1) is 0 Å². The summed E-state index contributed by atoms with van der Waals surface area (Å²) in [6.07, 6.45) is 0. The fourth-order valence-electron chi connectivity index (χ4n) is 3.56. The van der Waals surface area contributed by atoms with Crippen LogP contribution in [0.3, 0.4) is 0 Å². The van der Waals surface area contributed by atoms with Gasteiger partial charge >= 0.3 is 11.9 Å². The SMILES string of the molecule is COC(=O)C1=C(C(=O)OC)N(c2cc(C(=O)N3CCOCC3)cc([N+](=O)[O-])c2C)COC1. The molecule has 0 saturated carbocycles. The highest BCUT2D eigenvalue weighted by atomic mass is 16.6. The zero-order valence-electron chi connectivity index (χ0n) is 17.9. The molecule has 2 aliphatic rings. The molecular weight excluding hydrogens is 426 g/mol. The van der Waals surface area contributed by atoms with Crippen molar-refractivity contribution >= 4 is 29.2 Å². The van der Waals surface area contributed by atoms with Gasteiger partial charge in [-0.25, -0.2) is 9.59 Å². The van der Waals surface area contributed by atoms with Gasteiger partial charge in [0.05, 0.1) is 55.8 Å². The van der Waals surface area contributed by atoms with E-state index in [9.17, 15) is 24.5 Å². The molecule has 172 valence electrons. The first kappa shape index (κ1) is 23.2. The molecule has 0 bridgehead atoms. The van der Waals surface area contributed by atoms with E-state index in [1.807, 2.05) is 0 Å². The first-order valence-corrected chi connectivity index (χ1v) is 9.71. The summed E-state index contributed by atoms with van der Waals surface area (Å²) in [7, 11) is 2.30. The Balaban J connectivity index is 2.17. The lowest BCUT2D eigenvalue weighted by molar-refractivity contribution is -0.385. The lowest BCUT2D eigenvalue weighted by atomic mass is 10.0. The van der Waals surface area contributed by atoms with E-state index < -0.39 is 22.8 Å². The van der Waals surface area contributed by atoms with Gasteiger partial charge in [-0.3, -0.25) is 14.9 Å². The molecule has 2 aliphatic heterocycles. The number of ether oxygens (including phenoxy) is 4. The van der Waals surface area contributed by atoms with Gasteiger partial charge < -0.3 is 28.7 Å². The summed E-state index contributed by atoms with van der Waals surface area (Å²) in [5.74, 6) is -2.06. The Hall–Kier alpha value is -3.51. The van der Waals surface area contributed by atoms with Crippen molar-refractivity contribution in [3.8, 4) is 0 Å². The second-order valence-corrected chi connectivity index (χ2v) is 7.02. The van der Waals surface area contributed by atoms with Gasteiger partial charge in [0.15, 0.2) is 0 Å². The number of nitro groups is 1. The van der Waals surface area contributed by atoms with Crippen LogP contribution in [0, 0.1) is 17.0 Å². The molecule has 12 heteroatoms. The number of carbonyl (C=O) groups excluding carboxylic acids is 3. The van der Waals surface area contributed by atoms with Crippen LogP contribution in [-0.2, 0) is 28.5 Å². The zero-order chi connectivity index (χ0) is 23.4. The minimum atomic E-state index is -0.847. The highest BCUT2D eigenvalue weighted by Gasteiger charge is 2.35. The summed E-state index contributed by atoms with van der Waals surface area (Å²) in [5, 5.41) is 11.7. The number of anilines is 1. The number of esters is 2. The van der Waals surface area contributed by atoms with Crippen molar-refractivity contribution in [3.05, 3.63) is 44.6 Å². The topological polar surface area (TPSA) is 138 Å². The predicted molar refractivity (Wildman–Crippen MR) is 109 cm³/mol. The van der Waals surface area contributed by atoms with Crippen LogP contribution in [0.1, 0.15) is 15.9 Å². The van der Waals surface area contributed by atoms with Crippen molar-refractivity contribution in [1.82, 2.24) is 4.90 Å². The van der Waals surface area contributed by atoms with E-state index in [2.05, 4.69) is 0 Å². The molecule has 2 heterocycles. The number of amides is 1. The molecule has 0 atom stereocenters. The lowest BCUT2D eigenvalue weighted by Gasteiger charge is -2.32. The maximum Gasteiger partial charge on any atom is 0.355 e. The van der Waals surface area contributed by atoms with Crippen molar-refractivity contribution in [3.63, 3.8) is 0 Å². The molecular formula is C20H23N3O9. The number of carbonyl (C=O) groups is 3. The van der Waals surface area contributed by atoms with Gasteiger partial charge in [-0.2, -0.15) is 0 Å². The van der Waals surface area contributed by atoms with E-state index in [0.29, 0.717) is 26.3 Å². The van der Waals surface area contributed by atoms with Crippen LogP contribution in [0.15, 0.2) is 23.4 Å². The van der Waals surface area contributed by atoms with Gasteiger partial charge in [0.2, 0.25) is 0 Å². The molecule has 32 heavy (non-hydrogen) atoms. The van der Waals surface area contributed by atoms with Crippen LogP contribution < -0.4 is 4.90 Å². The number of hydrogen-bond donors (Lipinski definition) is 0. The largest absolute Gasteiger partial charge is 0.466 e. The third-order valence-electron chi connectivity index (χ3n) is 5.22. The van der Waals surface area contributed by atoms with Crippen LogP contribution in [0.5, 0.6) is 0 Å². The number of nitrogens with zero attached hydrogens (tertiary/aromatic N) is 3. The molecule has 0 radical (unpaired) electrons. The Morgan fingerprint density at radius 3 is 2.31 bits per heavy atom. The third-order valence-corrected chi connectivity index (χ3v) is 5.22. The molecule has 0 aromatic heterocycles. The van der Waals surface area contributed by atoms with E-state index in [4.69, 9.17) is 18.9 Å².